The highest BCUT2D eigenvalue weighted by Crippen LogP contribution is 2.34. The molecule has 0 spiro atoms. The third-order valence-corrected chi connectivity index (χ3v) is 6.62. The maximum atomic E-state index is 13.0. The lowest BCUT2D eigenvalue weighted by atomic mass is 10.0. The summed E-state index contributed by atoms with van der Waals surface area (Å²) in [4.78, 5) is 28.5. The molecule has 0 aliphatic carbocycles. The topological polar surface area (TPSA) is 91.3 Å². The summed E-state index contributed by atoms with van der Waals surface area (Å²) in [6, 6.07) is 13.5. The van der Waals surface area contributed by atoms with Crippen LogP contribution >= 0.6 is 0 Å². The summed E-state index contributed by atoms with van der Waals surface area (Å²) in [5.74, 6) is 0.348. The smallest absolute Gasteiger partial charge is 0.255 e. The molecule has 8 heteroatoms. The fraction of sp³-hybridized carbons (Fsp3) is 0.440. The molecule has 2 aromatic carbocycles. The number of nitrogens with one attached hydrogen (secondary N) is 1. The molecule has 3 heterocycles. The van der Waals surface area contributed by atoms with E-state index in [1.807, 2.05) is 12.1 Å². The van der Waals surface area contributed by atoms with Gasteiger partial charge in [-0.25, -0.2) is 0 Å². The van der Waals surface area contributed by atoms with Crippen LogP contribution in [-0.2, 0) is 29.2 Å². The van der Waals surface area contributed by atoms with Crippen LogP contribution in [0.3, 0.4) is 0 Å². The van der Waals surface area contributed by atoms with Gasteiger partial charge < -0.3 is 24.8 Å². The fourth-order valence-corrected chi connectivity index (χ4v) is 4.74. The van der Waals surface area contributed by atoms with Crippen LogP contribution in [0.4, 0.5) is 0 Å². The van der Waals surface area contributed by atoms with Crippen LogP contribution in [0, 0.1) is 0 Å². The maximum Gasteiger partial charge on any atom is 0.255 e. The number of benzene rings is 2. The second kappa shape index (κ2) is 9.51. The van der Waals surface area contributed by atoms with Gasteiger partial charge in [-0.05, 0) is 29.7 Å². The van der Waals surface area contributed by atoms with Gasteiger partial charge in [-0.2, -0.15) is 0 Å². The first-order chi connectivity index (χ1) is 16.1. The summed E-state index contributed by atoms with van der Waals surface area (Å²) in [5, 5.41) is 12.8. The van der Waals surface area contributed by atoms with E-state index in [4.69, 9.17) is 9.47 Å². The Kier molecular flexibility index (Phi) is 6.30. The standard InChI is InChI=1S/C25H29N3O5/c29-23-9-8-21(24(30)26-23)28-15-20-19(25(28)31)2-1-3-22(20)33-16-18-6-4-17(5-7-18)14-27-10-12-32-13-11-27/h1-7,21,24,30H,8-16H2,(H,26,29)/t21-,24?/m0/s1. The van der Waals surface area contributed by atoms with E-state index in [-0.39, 0.29) is 11.8 Å². The Labute approximate surface area is 193 Å². The Balaban J connectivity index is 1.22. The molecule has 2 amide bonds. The van der Waals surface area contributed by atoms with Gasteiger partial charge in [0.1, 0.15) is 18.6 Å². The highest BCUT2D eigenvalue weighted by atomic mass is 16.5. The zero-order valence-corrected chi connectivity index (χ0v) is 18.5. The van der Waals surface area contributed by atoms with E-state index in [9.17, 15) is 14.7 Å². The number of aliphatic hydroxyl groups is 1. The molecule has 8 nitrogen and oxygen atoms in total. The lowest BCUT2D eigenvalue weighted by Gasteiger charge is -2.35. The summed E-state index contributed by atoms with van der Waals surface area (Å²) < 4.78 is 11.5. The summed E-state index contributed by atoms with van der Waals surface area (Å²) in [7, 11) is 0. The van der Waals surface area contributed by atoms with Gasteiger partial charge in [0, 0.05) is 37.2 Å². The number of piperidine rings is 1. The highest BCUT2D eigenvalue weighted by molar-refractivity contribution is 5.99. The van der Waals surface area contributed by atoms with Crippen LogP contribution in [0.15, 0.2) is 42.5 Å². The number of hydrogen-bond acceptors (Lipinski definition) is 6. The molecular formula is C25H29N3O5. The number of hydrogen-bond donors (Lipinski definition) is 2. The minimum absolute atomic E-state index is 0.136. The Bertz CT molecular complexity index is 1020. The van der Waals surface area contributed by atoms with E-state index < -0.39 is 12.3 Å². The van der Waals surface area contributed by atoms with Gasteiger partial charge in [0.15, 0.2) is 0 Å². The number of rotatable bonds is 6. The number of ether oxygens (including phenoxy) is 2. The number of carbonyl (C=O) groups is 2. The molecule has 3 aliphatic rings. The van der Waals surface area contributed by atoms with Crippen LogP contribution in [0.5, 0.6) is 5.75 Å². The Hall–Kier alpha value is -2.94. The van der Waals surface area contributed by atoms with Crippen LogP contribution in [0.25, 0.3) is 0 Å². The van der Waals surface area contributed by atoms with Crippen LogP contribution in [0.1, 0.15) is 39.9 Å². The van der Waals surface area contributed by atoms with Gasteiger partial charge in [-0.3, -0.25) is 14.5 Å². The molecule has 2 saturated heterocycles. The quantitative estimate of drug-likeness (QED) is 0.694. The third-order valence-electron chi connectivity index (χ3n) is 6.62. The molecule has 33 heavy (non-hydrogen) atoms. The molecule has 2 fully saturated rings. The van der Waals surface area contributed by atoms with Gasteiger partial charge in [-0.15, -0.1) is 0 Å². The van der Waals surface area contributed by atoms with Crippen molar-refractivity contribution in [2.24, 2.45) is 0 Å². The minimum atomic E-state index is -1.05. The van der Waals surface area contributed by atoms with Crippen molar-refractivity contribution in [3.8, 4) is 5.75 Å². The predicted octanol–water partition coefficient (Wildman–Crippen LogP) is 1.65. The third kappa shape index (κ3) is 4.73. The summed E-state index contributed by atoms with van der Waals surface area (Å²) >= 11 is 0. The average molecular weight is 452 g/mol. The van der Waals surface area contributed by atoms with Crippen LogP contribution in [-0.4, -0.2) is 65.3 Å². The van der Waals surface area contributed by atoms with E-state index in [1.54, 1.807) is 11.0 Å². The average Bonchev–Trinajstić information content (AvgIpc) is 3.16. The molecule has 2 atom stereocenters. The fourth-order valence-electron chi connectivity index (χ4n) is 4.74. The van der Waals surface area contributed by atoms with Gasteiger partial charge in [0.2, 0.25) is 5.91 Å². The lowest BCUT2D eigenvalue weighted by molar-refractivity contribution is -0.129. The van der Waals surface area contributed by atoms with Crippen LogP contribution < -0.4 is 10.1 Å². The molecule has 0 saturated carbocycles. The van der Waals surface area contributed by atoms with E-state index in [2.05, 4.69) is 34.5 Å². The van der Waals surface area contributed by atoms with Crippen molar-refractivity contribution in [2.75, 3.05) is 26.3 Å². The Morgan fingerprint density at radius 1 is 1.06 bits per heavy atom. The van der Waals surface area contributed by atoms with Crippen molar-refractivity contribution in [1.29, 1.82) is 0 Å². The largest absolute Gasteiger partial charge is 0.489 e. The SMILES string of the molecule is O=C1CC[C@H](N2Cc3c(OCc4ccc(CN5CCOCC5)cc4)cccc3C2=O)C(O)N1. The maximum absolute atomic E-state index is 13.0. The monoisotopic (exact) mass is 451 g/mol. The summed E-state index contributed by atoms with van der Waals surface area (Å²) in [5.41, 5.74) is 3.75. The molecule has 1 unspecified atom stereocenters. The highest BCUT2D eigenvalue weighted by Gasteiger charge is 2.40. The second-order valence-electron chi connectivity index (χ2n) is 8.83. The van der Waals surface area contributed by atoms with Crippen molar-refractivity contribution < 1.29 is 24.2 Å². The summed E-state index contributed by atoms with van der Waals surface area (Å²) in [6.07, 6.45) is -0.309. The number of morpholine rings is 1. The van der Waals surface area contributed by atoms with E-state index in [0.29, 0.717) is 37.3 Å². The number of amides is 2. The van der Waals surface area contributed by atoms with Crippen molar-refractivity contribution >= 4 is 11.8 Å². The molecule has 0 bridgehead atoms. The number of nitrogens with zero attached hydrogens (tertiary/aromatic N) is 2. The second-order valence-corrected chi connectivity index (χ2v) is 8.83. The van der Waals surface area contributed by atoms with Crippen molar-refractivity contribution in [2.45, 2.75) is 44.8 Å². The molecule has 2 aromatic rings. The Morgan fingerprint density at radius 2 is 1.82 bits per heavy atom. The van der Waals surface area contributed by atoms with Crippen molar-refractivity contribution in [3.63, 3.8) is 0 Å². The zero-order valence-electron chi connectivity index (χ0n) is 18.5. The first kappa shape index (κ1) is 21.9. The Morgan fingerprint density at radius 3 is 2.58 bits per heavy atom. The normalized spacial score (nSPS) is 23.4. The number of aliphatic hydroxyl groups excluding tert-OH is 1. The molecule has 5 rings (SSSR count). The summed E-state index contributed by atoms with van der Waals surface area (Å²) in [6.45, 7) is 5.20. The van der Waals surface area contributed by atoms with Gasteiger partial charge >= 0.3 is 0 Å². The molecule has 174 valence electrons. The molecule has 0 radical (unpaired) electrons. The first-order valence-electron chi connectivity index (χ1n) is 11.5. The zero-order chi connectivity index (χ0) is 22.8. The van der Waals surface area contributed by atoms with E-state index in [0.717, 1.165) is 44.0 Å². The molecule has 2 N–H and O–H groups in total. The van der Waals surface area contributed by atoms with E-state index >= 15 is 0 Å². The van der Waals surface area contributed by atoms with Gasteiger partial charge in [-0.1, -0.05) is 30.3 Å². The van der Waals surface area contributed by atoms with Crippen LogP contribution in [0.2, 0.25) is 0 Å². The lowest BCUT2D eigenvalue weighted by Crippen LogP contribution is -2.55. The number of carbonyl (C=O) groups excluding carboxylic acids is 2. The minimum Gasteiger partial charge on any atom is -0.489 e. The van der Waals surface area contributed by atoms with E-state index in [1.165, 1.54) is 5.56 Å². The van der Waals surface area contributed by atoms with Gasteiger partial charge in [0.05, 0.1) is 25.8 Å². The molecular weight excluding hydrogens is 422 g/mol. The van der Waals surface area contributed by atoms with Crippen molar-refractivity contribution in [1.82, 2.24) is 15.1 Å². The first-order valence-corrected chi connectivity index (χ1v) is 11.5. The number of fused-ring (bicyclic) bond motifs is 1. The molecule has 0 aromatic heterocycles. The predicted molar refractivity (Wildman–Crippen MR) is 120 cm³/mol. The molecule has 3 aliphatic heterocycles. The van der Waals surface area contributed by atoms with Crippen molar-refractivity contribution in [3.05, 3.63) is 64.7 Å². The van der Waals surface area contributed by atoms with Gasteiger partial charge in [0.25, 0.3) is 5.91 Å².